The van der Waals surface area contributed by atoms with Gasteiger partial charge in [-0.15, -0.1) is 0 Å². The summed E-state index contributed by atoms with van der Waals surface area (Å²) in [5, 5.41) is 4.72. The van der Waals surface area contributed by atoms with Crippen molar-refractivity contribution in [2.75, 3.05) is 0 Å². The fourth-order valence-electron chi connectivity index (χ4n) is 2.80. The Labute approximate surface area is 137 Å². The minimum Gasteiger partial charge on any atom is -0.339 e. The van der Waals surface area contributed by atoms with E-state index in [-0.39, 0.29) is 6.04 Å². The van der Waals surface area contributed by atoms with Gasteiger partial charge >= 0.3 is 0 Å². The van der Waals surface area contributed by atoms with Gasteiger partial charge < -0.3 is 10.3 Å². The van der Waals surface area contributed by atoms with Gasteiger partial charge in [-0.25, -0.2) is 0 Å². The summed E-state index contributed by atoms with van der Waals surface area (Å²) in [4.78, 5) is 4.48. The lowest BCUT2D eigenvalue weighted by Crippen LogP contribution is -2.34. The molecular weight excluding hydrogens is 354 g/mol. The normalized spacial score (nSPS) is 22.4. The minimum atomic E-state index is 0.249. The van der Waals surface area contributed by atoms with Crippen LogP contribution in [-0.4, -0.2) is 16.2 Å². The van der Waals surface area contributed by atoms with Crippen LogP contribution in [0.25, 0.3) is 11.4 Å². The molecule has 0 amide bonds. The molecule has 2 atom stereocenters. The maximum Gasteiger partial charge on any atom is 0.227 e. The Balaban J connectivity index is 1.75. The molecule has 1 aliphatic rings. The van der Waals surface area contributed by atoms with Gasteiger partial charge in [0.15, 0.2) is 0 Å². The monoisotopic (exact) mass is 369 g/mol. The maximum atomic E-state index is 6.17. The highest BCUT2D eigenvalue weighted by atomic mass is 79.9. The van der Waals surface area contributed by atoms with Crippen molar-refractivity contribution in [3.63, 3.8) is 0 Å². The van der Waals surface area contributed by atoms with E-state index in [2.05, 4.69) is 26.1 Å². The summed E-state index contributed by atoms with van der Waals surface area (Å²) in [5.41, 5.74) is 7.05. The van der Waals surface area contributed by atoms with Gasteiger partial charge in [0.2, 0.25) is 11.7 Å². The number of halogens is 2. The standard InChI is InChI=1S/C15H17BrClN3O/c16-11-7-10(5-6-12(11)17)15-19-14(21-20-15)8-9-3-1-2-4-13(9)18/h5-7,9,13H,1-4,8,18H2. The third-order valence-electron chi connectivity index (χ3n) is 4.05. The van der Waals surface area contributed by atoms with Crippen LogP contribution in [0.15, 0.2) is 27.2 Å². The molecule has 1 fully saturated rings. The lowest BCUT2D eigenvalue weighted by Gasteiger charge is -2.27. The fraction of sp³-hybridized carbons (Fsp3) is 0.467. The Kier molecular flexibility index (Phi) is 4.62. The molecule has 1 aromatic heterocycles. The second-order valence-corrected chi connectivity index (χ2v) is 6.81. The molecule has 0 spiro atoms. The lowest BCUT2D eigenvalue weighted by atomic mass is 9.83. The second-order valence-electron chi connectivity index (χ2n) is 5.55. The summed E-state index contributed by atoms with van der Waals surface area (Å²) in [6, 6.07) is 5.84. The number of benzene rings is 1. The van der Waals surface area contributed by atoms with Gasteiger partial charge in [-0.05, 0) is 52.9 Å². The van der Waals surface area contributed by atoms with E-state index in [0.29, 0.717) is 22.7 Å². The van der Waals surface area contributed by atoms with Gasteiger partial charge in [-0.3, -0.25) is 0 Å². The number of aromatic nitrogens is 2. The van der Waals surface area contributed by atoms with Crippen LogP contribution in [0.4, 0.5) is 0 Å². The number of hydrogen-bond donors (Lipinski definition) is 1. The SMILES string of the molecule is NC1CCCCC1Cc1nc(-c2ccc(Cl)c(Br)c2)no1. The Morgan fingerprint density at radius 1 is 1.33 bits per heavy atom. The summed E-state index contributed by atoms with van der Waals surface area (Å²) in [5.74, 6) is 1.70. The zero-order chi connectivity index (χ0) is 14.8. The molecule has 2 N–H and O–H groups in total. The number of nitrogens with zero attached hydrogens (tertiary/aromatic N) is 2. The summed E-state index contributed by atoms with van der Waals surface area (Å²) in [7, 11) is 0. The van der Waals surface area contributed by atoms with E-state index >= 15 is 0 Å². The van der Waals surface area contributed by atoms with Crippen molar-refractivity contribution in [2.45, 2.75) is 38.1 Å². The topological polar surface area (TPSA) is 64.9 Å². The quantitative estimate of drug-likeness (QED) is 0.879. The zero-order valence-corrected chi connectivity index (χ0v) is 13.9. The van der Waals surface area contributed by atoms with Gasteiger partial charge in [0, 0.05) is 22.5 Å². The fourth-order valence-corrected chi connectivity index (χ4v) is 3.30. The van der Waals surface area contributed by atoms with Crippen LogP contribution in [0.5, 0.6) is 0 Å². The summed E-state index contributed by atoms with van der Waals surface area (Å²) in [6.07, 6.45) is 5.47. The summed E-state index contributed by atoms with van der Waals surface area (Å²) < 4.78 is 6.20. The first-order chi connectivity index (χ1) is 10.1. The van der Waals surface area contributed by atoms with Crippen LogP contribution in [0.1, 0.15) is 31.6 Å². The van der Waals surface area contributed by atoms with E-state index in [4.69, 9.17) is 21.9 Å². The Bertz CT molecular complexity index is 631. The first-order valence-corrected chi connectivity index (χ1v) is 8.34. The number of hydrogen-bond acceptors (Lipinski definition) is 4. The van der Waals surface area contributed by atoms with Crippen LogP contribution in [-0.2, 0) is 6.42 Å². The zero-order valence-electron chi connectivity index (χ0n) is 11.6. The molecule has 1 saturated carbocycles. The molecule has 1 heterocycles. The predicted molar refractivity (Wildman–Crippen MR) is 86.1 cm³/mol. The van der Waals surface area contributed by atoms with Gasteiger partial charge in [0.05, 0.1) is 5.02 Å². The highest BCUT2D eigenvalue weighted by Crippen LogP contribution is 2.29. The molecule has 3 rings (SSSR count). The molecule has 0 saturated heterocycles. The van der Waals surface area contributed by atoms with Gasteiger partial charge in [-0.1, -0.05) is 29.6 Å². The summed E-state index contributed by atoms with van der Waals surface area (Å²) in [6.45, 7) is 0. The number of rotatable bonds is 3. The largest absolute Gasteiger partial charge is 0.339 e. The molecule has 2 aromatic rings. The van der Waals surface area contributed by atoms with Crippen LogP contribution in [0, 0.1) is 5.92 Å². The second kappa shape index (κ2) is 6.46. The molecule has 0 radical (unpaired) electrons. The maximum absolute atomic E-state index is 6.17. The summed E-state index contributed by atoms with van der Waals surface area (Å²) >= 11 is 9.40. The van der Waals surface area contributed by atoms with Crippen LogP contribution in [0.2, 0.25) is 5.02 Å². The Morgan fingerprint density at radius 2 is 2.14 bits per heavy atom. The van der Waals surface area contributed by atoms with E-state index in [0.717, 1.165) is 29.3 Å². The van der Waals surface area contributed by atoms with Crippen molar-refractivity contribution in [1.82, 2.24) is 10.1 Å². The smallest absolute Gasteiger partial charge is 0.227 e. The van der Waals surface area contributed by atoms with Crippen molar-refractivity contribution >= 4 is 27.5 Å². The minimum absolute atomic E-state index is 0.249. The van der Waals surface area contributed by atoms with E-state index in [1.54, 1.807) is 0 Å². The molecule has 0 aliphatic heterocycles. The average Bonchev–Trinajstić information content (AvgIpc) is 2.93. The van der Waals surface area contributed by atoms with Crippen LogP contribution < -0.4 is 5.73 Å². The van der Waals surface area contributed by atoms with Gasteiger partial charge in [0.25, 0.3) is 0 Å². The van der Waals surface area contributed by atoms with Crippen molar-refractivity contribution in [2.24, 2.45) is 11.7 Å². The van der Waals surface area contributed by atoms with Crippen molar-refractivity contribution in [3.8, 4) is 11.4 Å². The predicted octanol–water partition coefficient (Wildman–Crippen LogP) is 4.21. The Hall–Kier alpha value is -0.910. The van der Waals surface area contributed by atoms with Crippen molar-refractivity contribution < 1.29 is 4.52 Å². The molecule has 21 heavy (non-hydrogen) atoms. The van der Waals surface area contributed by atoms with Gasteiger partial charge in [0.1, 0.15) is 0 Å². The first kappa shape index (κ1) is 15.0. The lowest BCUT2D eigenvalue weighted by molar-refractivity contribution is 0.273. The molecule has 1 aromatic carbocycles. The highest BCUT2D eigenvalue weighted by molar-refractivity contribution is 9.10. The van der Waals surface area contributed by atoms with E-state index < -0.39 is 0 Å². The average molecular weight is 371 g/mol. The first-order valence-electron chi connectivity index (χ1n) is 7.17. The molecule has 112 valence electrons. The van der Waals surface area contributed by atoms with Crippen molar-refractivity contribution in [1.29, 1.82) is 0 Å². The van der Waals surface area contributed by atoms with E-state index in [1.165, 1.54) is 12.8 Å². The van der Waals surface area contributed by atoms with Gasteiger partial charge in [-0.2, -0.15) is 4.98 Å². The molecule has 4 nitrogen and oxygen atoms in total. The van der Waals surface area contributed by atoms with E-state index in [1.807, 2.05) is 18.2 Å². The molecule has 6 heteroatoms. The Morgan fingerprint density at radius 3 is 2.90 bits per heavy atom. The highest BCUT2D eigenvalue weighted by Gasteiger charge is 2.24. The van der Waals surface area contributed by atoms with Crippen molar-refractivity contribution in [3.05, 3.63) is 33.6 Å². The molecule has 1 aliphatic carbocycles. The molecule has 0 bridgehead atoms. The third kappa shape index (κ3) is 3.47. The third-order valence-corrected chi connectivity index (χ3v) is 5.26. The molecule has 2 unspecified atom stereocenters. The number of nitrogens with two attached hydrogens (primary N) is 1. The van der Waals surface area contributed by atoms with Crippen LogP contribution >= 0.6 is 27.5 Å². The molecular formula is C15H17BrClN3O. The van der Waals surface area contributed by atoms with Crippen LogP contribution in [0.3, 0.4) is 0 Å². The van der Waals surface area contributed by atoms with E-state index in [9.17, 15) is 0 Å².